The zero-order valence-electron chi connectivity index (χ0n) is 11.5. The van der Waals surface area contributed by atoms with Crippen LogP contribution in [0, 0.1) is 0 Å². The molecule has 5 N–H and O–H groups in total. The Bertz CT molecular complexity index is 1060. The summed E-state index contributed by atoms with van der Waals surface area (Å²) in [4.78, 5) is 12.4. The average Bonchev–Trinajstić information content (AvgIpc) is 2.54. The standard InChI is InChI=1S/C15H8Br2O7/c16-8-10(20)7-11(21)13(23)14(24-15(7)9(17)12(8)22)5-2-1-4(18)3-6(5)19/h1-3,18-20,22-23H. The third-order valence-electron chi connectivity index (χ3n) is 3.37. The number of phenolic OH excluding ortho intramolecular Hbond substituents is 4. The van der Waals surface area contributed by atoms with Gasteiger partial charge in [0.15, 0.2) is 17.1 Å². The highest BCUT2D eigenvalue weighted by Gasteiger charge is 2.25. The number of rotatable bonds is 1. The molecule has 1 aromatic heterocycles. The summed E-state index contributed by atoms with van der Waals surface area (Å²) >= 11 is 5.99. The first-order valence-corrected chi connectivity index (χ1v) is 7.93. The first kappa shape index (κ1) is 16.5. The largest absolute Gasteiger partial charge is 0.508 e. The van der Waals surface area contributed by atoms with E-state index < -0.39 is 28.4 Å². The molecule has 0 atom stereocenters. The lowest BCUT2D eigenvalue weighted by Gasteiger charge is -2.11. The maximum atomic E-state index is 12.4. The van der Waals surface area contributed by atoms with E-state index in [1.54, 1.807) is 0 Å². The van der Waals surface area contributed by atoms with Gasteiger partial charge in [0.2, 0.25) is 11.2 Å². The van der Waals surface area contributed by atoms with Crippen molar-refractivity contribution in [3.8, 4) is 40.1 Å². The van der Waals surface area contributed by atoms with Crippen molar-refractivity contribution in [2.24, 2.45) is 0 Å². The first-order chi connectivity index (χ1) is 11.2. The Kier molecular flexibility index (Phi) is 3.84. The van der Waals surface area contributed by atoms with Crippen LogP contribution in [0.15, 0.2) is 36.4 Å². The summed E-state index contributed by atoms with van der Waals surface area (Å²) in [6.07, 6.45) is 0. The number of fused-ring (bicyclic) bond motifs is 1. The molecule has 3 rings (SSSR count). The van der Waals surface area contributed by atoms with Gasteiger partial charge in [0, 0.05) is 6.07 Å². The highest BCUT2D eigenvalue weighted by molar-refractivity contribution is 9.11. The molecule has 124 valence electrons. The topological polar surface area (TPSA) is 131 Å². The SMILES string of the molecule is O=c1c(O)c(-c2ccc(O)cc2O)oc2c(Br)c(O)c(Br)c(O)c12. The Morgan fingerprint density at radius 2 is 1.54 bits per heavy atom. The minimum absolute atomic E-state index is 0.0289. The van der Waals surface area contributed by atoms with Gasteiger partial charge in [-0.3, -0.25) is 4.79 Å². The van der Waals surface area contributed by atoms with Crippen LogP contribution in [0.25, 0.3) is 22.3 Å². The van der Waals surface area contributed by atoms with Gasteiger partial charge >= 0.3 is 0 Å². The lowest BCUT2D eigenvalue weighted by molar-refractivity contribution is 0.430. The second kappa shape index (κ2) is 5.60. The molecule has 1 heterocycles. The van der Waals surface area contributed by atoms with Crippen LogP contribution in [0.2, 0.25) is 0 Å². The Hall–Kier alpha value is -2.39. The van der Waals surface area contributed by atoms with Gasteiger partial charge in [-0.1, -0.05) is 0 Å². The third kappa shape index (κ3) is 2.28. The van der Waals surface area contributed by atoms with Crippen molar-refractivity contribution >= 4 is 42.8 Å². The number of phenols is 4. The molecule has 24 heavy (non-hydrogen) atoms. The molecule has 0 saturated carbocycles. The van der Waals surface area contributed by atoms with Gasteiger partial charge in [0.25, 0.3) is 0 Å². The zero-order chi connectivity index (χ0) is 17.8. The van der Waals surface area contributed by atoms with Gasteiger partial charge < -0.3 is 29.9 Å². The highest BCUT2D eigenvalue weighted by atomic mass is 79.9. The molecule has 0 radical (unpaired) electrons. The van der Waals surface area contributed by atoms with E-state index in [1.807, 2.05) is 0 Å². The second-order valence-electron chi connectivity index (χ2n) is 4.84. The van der Waals surface area contributed by atoms with Gasteiger partial charge in [-0.2, -0.15) is 0 Å². The fourth-order valence-corrected chi connectivity index (χ4v) is 3.36. The molecular formula is C15H8Br2O7. The van der Waals surface area contributed by atoms with Crippen LogP contribution in [-0.4, -0.2) is 25.5 Å². The van der Waals surface area contributed by atoms with E-state index in [4.69, 9.17) is 4.42 Å². The molecule has 0 bridgehead atoms. The Morgan fingerprint density at radius 1 is 0.875 bits per heavy atom. The van der Waals surface area contributed by atoms with Crippen LogP contribution in [-0.2, 0) is 0 Å². The summed E-state index contributed by atoms with van der Waals surface area (Å²) < 4.78 is 5.27. The molecule has 0 unspecified atom stereocenters. The van der Waals surface area contributed by atoms with E-state index in [9.17, 15) is 30.3 Å². The first-order valence-electron chi connectivity index (χ1n) is 6.35. The fraction of sp³-hybridized carbons (Fsp3) is 0. The normalized spacial score (nSPS) is 11.1. The van der Waals surface area contributed by atoms with Crippen LogP contribution in [0.3, 0.4) is 0 Å². The minimum atomic E-state index is -0.961. The summed E-state index contributed by atoms with van der Waals surface area (Å²) in [6.45, 7) is 0. The van der Waals surface area contributed by atoms with Crippen molar-refractivity contribution in [3.05, 3.63) is 37.4 Å². The van der Waals surface area contributed by atoms with Crippen LogP contribution < -0.4 is 5.43 Å². The van der Waals surface area contributed by atoms with E-state index in [-0.39, 0.29) is 37.0 Å². The number of hydrogen-bond acceptors (Lipinski definition) is 7. The smallest absolute Gasteiger partial charge is 0.238 e. The predicted octanol–water partition coefficient (Wildman–Crippen LogP) is 3.51. The lowest BCUT2D eigenvalue weighted by atomic mass is 10.1. The molecule has 3 aromatic rings. The van der Waals surface area contributed by atoms with Crippen molar-refractivity contribution in [1.82, 2.24) is 0 Å². The monoisotopic (exact) mass is 458 g/mol. The fourth-order valence-electron chi connectivity index (χ4n) is 2.22. The Balaban J connectivity index is 2.49. The molecule has 0 fully saturated rings. The molecule has 0 aliphatic carbocycles. The molecule has 0 aliphatic heterocycles. The van der Waals surface area contributed by atoms with Gasteiger partial charge in [-0.05, 0) is 44.0 Å². The number of aromatic hydroxyl groups is 5. The minimum Gasteiger partial charge on any atom is -0.508 e. The van der Waals surface area contributed by atoms with Crippen LogP contribution >= 0.6 is 31.9 Å². The van der Waals surface area contributed by atoms with E-state index >= 15 is 0 Å². The molecule has 0 aliphatic rings. The van der Waals surface area contributed by atoms with Gasteiger partial charge in [0.1, 0.15) is 31.6 Å². The van der Waals surface area contributed by atoms with E-state index in [2.05, 4.69) is 31.9 Å². The van der Waals surface area contributed by atoms with E-state index in [1.165, 1.54) is 12.1 Å². The number of halogens is 2. The van der Waals surface area contributed by atoms with Crippen LogP contribution in [0.5, 0.6) is 28.7 Å². The maximum Gasteiger partial charge on any atom is 0.238 e. The van der Waals surface area contributed by atoms with Gasteiger partial charge in [0.05, 0.1) is 5.56 Å². The van der Waals surface area contributed by atoms with Crippen molar-refractivity contribution in [2.45, 2.75) is 0 Å². The molecule has 9 heteroatoms. The molecule has 2 aromatic carbocycles. The van der Waals surface area contributed by atoms with Crippen LogP contribution in [0.1, 0.15) is 0 Å². The summed E-state index contributed by atoms with van der Waals surface area (Å²) in [5.74, 6) is -2.89. The number of hydrogen-bond donors (Lipinski definition) is 5. The quantitative estimate of drug-likeness (QED) is 0.376. The average molecular weight is 460 g/mol. The molecule has 0 saturated heterocycles. The summed E-state index contributed by atoms with van der Waals surface area (Å²) in [7, 11) is 0. The molecular weight excluding hydrogens is 452 g/mol. The van der Waals surface area contributed by atoms with Crippen molar-refractivity contribution in [2.75, 3.05) is 0 Å². The molecule has 0 spiro atoms. The summed E-state index contributed by atoms with van der Waals surface area (Å²) in [5.41, 5.74) is -1.24. The number of benzene rings is 2. The highest BCUT2D eigenvalue weighted by Crippen LogP contribution is 2.47. The maximum absolute atomic E-state index is 12.4. The molecule has 7 nitrogen and oxygen atoms in total. The zero-order valence-corrected chi connectivity index (χ0v) is 14.7. The van der Waals surface area contributed by atoms with Gasteiger partial charge in [-0.15, -0.1) is 0 Å². The van der Waals surface area contributed by atoms with Crippen LogP contribution in [0.4, 0.5) is 0 Å². The van der Waals surface area contributed by atoms with Gasteiger partial charge in [-0.25, -0.2) is 0 Å². The van der Waals surface area contributed by atoms with Crippen molar-refractivity contribution < 1.29 is 29.9 Å². The predicted molar refractivity (Wildman–Crippen MR) is 91.6 cm³/mol. The summed E-state index contributed by atoms with van der Waals surface area (Å²) in [6, 6.07) is 3.47. The molecule has 0 amide bonds. The second-order valence-corrected chi connectivity index (χ2v) is 6.43. The third-order valence-corrected chi connectivity index (χ3v) is 4.86. The van der Waals surface area contributed by atoms with E-state index in [0.717, 1.165) is 6.07 Å². The van der Waals surface area contributed by atoms with E-state index in [0.29, 0.717) is 0 Å². The summed E-state index contributed by atoms with van der Waals surface area (Å²) in [5, 5.41) is 49.0. The van der Waals surface area contributed by atoms with Crippen molar-refractivity contribution in [3.63, 3.8) is 0 Å². The van der Waals surface area contributed by atoms with Crippen molar-refractivity contribution in [1.29, 1.82) is 0 Å². The Labute approximate surface area is 150 Å². The lowest BCUT2D eigenvalue weighted by Crippen LogP contribution is -2.04. The Morgan fingerprint density at radius 3 is 2.17 bits per heavy atom.